The van der Waals surface area contributed by atoms with Crippen molar-refractivity contribution in [3.05, 3.63) is 76.5 Å². The van der Waals surface area contributed by atoms with Gasteiger partial charge in [-0.05, 0) is 49.2 Å². The fourth-order valence-electron chi connectivity index (χ4n) is 3.23. The molecule has 1 aliphatic rings. The second-order valence-electron chi connectivity index (χ2n) is 6.82. The molecule has 0 atom stereocenters. The minimum absolute atomic E-state index is 0.222. The first-order chi connectivity index (χ1) is 13.3. The molecule has 28 heavy (non-hydrogen) atoms. The minimum Gasteiger partial charge on any atom is -0.305 e. The molecular formula is C21H18N4O3. The van der Waals surface area contributed by atoms with Crippen molar-refractivity contribution in [3.63, 3.8) is 0 Å². The number of amides is 3. The van der Waals surface area contributed by atoms with Gasteiger partial charge in [-0.1, -0.05) is 12.1 Å². The number of aryl methyl sites for hydroxylation is 3. The van der Waals surface area contributed by atoms with Crippen LogP contribution in [0.5, 0.6) is 0 Å². The Hall–Kier alpha value is -3.74. The molecule has 1 N–H and O–H groups in total. The zero-order chi connectivity index (χ0) is 20.0. The second-order valence-corrected chi connectivity index (χ2v) is 6.82. The maximum atomic E-state index is 13.0. The summed E-state index contributed by atoms with van der Waals surface area (Å²) in [6.07, 6.45) is 1.71. The number of fused-ring (bicyclic) bond motifs is 1. The van der Waals surface area contributed by atoms with Crippen LogP contribution in [0.4, 0.5) is 11.5 Å². The first-order valence-corrected chi connectivity index (χ1v) is 8.76. The molecule has 0 unspecified atom stereocenters. The van der Waals surface area contributed by atoms with Gasteiger partial charge in [-0.15, -0.1) is 0 Å². The molecule has 3 amide bonds. The van der Waals surface area contributed by atoms with Gasteiger partial charge in [0.15, 0.2) is 5.82 Å². The van der Waals surface area contributed by atoms with Crippen LogP contribution in [0.25, 0.3) is 0 Å². The molecular weight excluding hydrogens is 356 g/mol. The molecule has 7 nitrogen and oxygen atoms in total. The van der Waals surface area contributed by atoms with E-state index in [0.717, 1.165) is 11.1 Å². The lowest BCUT2D eigenvalue weighted by molar-refractivity contribution is 0.0925. The van der Waals surface area contributed by atoms with Gasteiger partial charge in [0.05, 0.1) is 16.8 Å². The summed E-state index contributed by atoms with van der Waals surface area (Å²) in [6.45, 7) is 3.76. The summed E-state index contributed by atoms with van der Waals surface area (Å²) >= 11 is 0. The predicted molar refractivity (Wildman–Crippen MR) is 105 cm³/mol. The lowest BCUT2D eigenvalue weighted by atomic mass is 10.1. The number of carbonyl (C=O) groups is 3. The summed E-state index contributed by atoms with van der Waals surface area (Å²) in [7, 11) is 1.75. The van der Waals surface area contributed by atoms with E-state index in [4.69, 9.17) is 0 Å². The molecule has 0 spiro atoms. The number of carbonyl (C=O) groups excluding carboxylic acids is 3. The predicted octanol–water partition coefficient (Wildman–Crippen LogP) is 3.09. The quantitative estimate of drug-likeness (QED) is 0.714. The summed E-state index contributed by atoms with van der Waals surface area (Å²) < 4.78 is 1.57. The highest BCUT2D eigenvalue weighted by atomic mass is 16.2. The van der Waals surface area contributed by atoms with Gasteiger partial charge in [-0.2, -0.15) is 5.10 Å². The van der Waals surface area contributed by atoms with Crippen molar-refractivity contribution in [1.82, 2.24) is 9.78 Å². The first-order valence-electron chi connectivity index (χ1n) is 8.76. The molecule has 140 valence electrons. The lowest BCUT2D eigenvalue weighted by Crippen LogP contribution is -2.30. The molecule has 7 heteroatoms. The van der Waals surface area contributed by atoms with Crippen LogP contribution in [0.3, 0.4) is 0 Å². The van der Waals surface area contributed by atoms with Crippen LogP contribution >= 0.6 is 0 Å². The molecule has 0 fully saturated rings. The molecule has 1 aliphatic heterocycles. The fraction of sp³-hybridized carbons (Fsp3) is 0.143. The van der Waals surface area contributed by atoms with Gasteiger partial charge in [0, 0.05) is 24.9 Å². The van der Waals surface area contributed by atoms with E-state index in [-0.39, 0.29) is 17.0 Å². The van der Waals surface area contributed by atoms with Crippen LogP contribution in [0.1, 0.15) is 42.2 Å². The monoisotopic (exact) mass is 374 g/mol. The van der Waals surface area contributed by atoms with Gasteiger partial charge in [0.2, 0.25) is 0 Å². The molecule has 2 heterocycles. The molecule has 1 aromatic heterocycles. The third-order valence-corrected chi connectivity index (χ3v) is 4.71. The molecule has 4 rings (SSSR count). The number of nitrogens with zero attached hydrogens (tertiary/aromatic N) is 3. The van der Waals surface area contributed by atoms with Crippen LogP contribution in [-0.4, -0.2) is 27.5 Å². The van der Waals surface area contributed by atoms with E-state index in [1.807, 2.05) is 32.0 Å². The zero-order valence-electron chi connectivity index (χ0n) is 15.7. The Morgan fingerprint density at radius 2 is 1.71 bits per heavy atom. The Kier molecular flexibility index (Phi) is 4.07. The maximum Gasteiger partial charge on any atom is 0.266 e. The molecule has 0 radical (unpaired) electrons. The normalized spacial score (nSPS) is 13.0. The number of anilines is 2. The van der Waals surface area contributed by atoms with Crippen molar-refractivity contribution in [2.75, 3.05) is 10.2 Å². The third-order valence-electron chi connectivity index (χ3n) is 4.71. The topological polar surface area (TPSA) is 84.3 Å². The number of aromatic nitrogens is 2. The number of benzene rings is 2. The average Bonchev–Trinajstić information content (AvgIpc) is 3.18. The highest BCUT2D eigenvalue weighted by Gasteiger charge is 2.37. The second kappa shape index (κ2) is 6.45. The number of nitrogens with one attached hydrogen (secondary N) is 1. The summed E-state index contributed by atoms with van der Waals surface area (Å²) in [5, 5.41) is 6.78. The van der Waals surface area contributed by atoms with Gasteiger partial charge in [-0.25, -0.2) is 4.90 Å². The van der Waals surface area contributed by atoms with Crippen molar-refractivity contribution in [1.29, 1.82) is 0 Å². The lowest BCUT2D eigenvalue weighted by Gasteiger charge is -2.17. The van der Waals surface area contributed by atoms with Crippen LogP contribution in [0, 0.1) is 13.8 Å². The van der Waals surface area contributed by atoms with E-state index in [1.165, 1.54) is 23.1 Å². The first kappa shape index (κ1) is 17.7. The van der Waals surface area contributed by atoms with Crippen LogP contribution in [0.2, 0.25) is 0 Å². The number of hydrogen-bond acceptors (Lipinski definition) is 4. The van der Waals surface area contributed by atoms with E-state index in [1.54, 1.807) is 24.0 Å². The van der Waals surface area contributed by atoms with Crippen LogP contribution in [-0.2, 0) is 7.05 Å². The molecule has 0 bridgehead atoms. The summed E-state index contributed by atoms with van der Waals surface area (Å²) in [4.78, 5) is 39.5. The fourth-order valence-corrected chi connectivity index (χ4v) is 3.23. The minimum atomic E-state index is -0.429. The Labute approximate surface area is 161 Å². The molecule has 0 saturated carbocycles. The van der Waals surface area contributed by atoms with Crippen LogP contribution < -0.4 is 10.2 Å². The Balaban J connectivity index is 1.67. The average molecular weight is 374 g/mol. The van der Waals surface area contributed by atoms with E-state index < -0.39 is 11.8 Å². The molecule has 3 aromatic rings. The number of hydrogen-bond donors (Lipinski definition) is 1. The van der Waals surface area contributed by atoms with Crippen molar-refractivity contribution in [3.8, 4) is 0 Å². The van der Waals surface area contributed by atoms with Crippen LogP contribution in [0.15, 0.2) is 48.7 Å². The van der Waals surface area contributed by atoms with Gasteiger partial charge in [-0.3, -0.25) is 19.1 Å². The van der Waals surface area contributed by atoms with Gasteiger partial charge in [0.25, 0.3) is 17.7 Å². The summed E-state index contributed by atoms with van der Waals surface area (Å²) in [6, 6.07) is 11.8. The Bertz CT molecular complexity index is 1150. The van der Waals surface area contributed by atoms with Crippen molar-refractivity contribution < 1.29 is 14.4 Å². The summed E-state index contributed by atoms with van der Waals surface area (Å²) in [5.74, 6) is -0.800. The van der Waals surface area contributed by atoms with Gasteiger partial charge < -0.3 is 5.32 Å². The van der Waals surface area contributed by atoms with Gasteiger partial charge in [0.1, 0.15) is 0 Å². The third kappa shape index (κ3) is 2.87. The SMILES string of the molecule is Cc1ccc(C)c(N2C(=O)c3ccc(C(=O)Nc4ccn(C)n4)cc3C2=O)c1. The van der Waals surface area contributed by atoms with Gasteiger partial charge >= 0.3 is 0 Å². The van der Waals surface area contributed by atoms with Crippen molar-refractivity contribution in [2.24, 2.45) is 7.05 Å². The largest absolute Gasteiger partial charge is 0.305 e. The Morgan fingerprint density at radius 1 is 0.964 bits per heavy atom. The Morgan fingerprint density at radius 3 is 2.43 bits per heavy atom. The molecule has 0 aliphatic carbocycles. The smallest absolute Gasteiger partial charge is 0.266 e. The molecule has 2 aromatic carbocycles. The maximum absolute atomic E-state index is 13.0. The van der Waals surface area contributed by atoms with Crippen molar-refractivity contribution >= 4 is 29.2 Å². The van der Waals surface area contributed by atoms with E-state index >= 15 is 0 Å². The zero-order valence-corrected chi connectivity index (χ0v) is 15.7. The van der Waals surface area contributed by atoms with E-state index in [0.29, 0.717) is 17.1 Å². The summed E-state index contributed by atoms with van der Waals surface area (Å²) in [5.41, 5.74) is 3.14. The molecule has 0 saturated heterocycles. The highest BCUT2D eigenvalue weighted by Crippen LogP contribution is 2.31. The van der Waals surface area contributed by atoms with Crippen molar-refractivity contribution in [2.45, 2.75) is 13.8 Å². The van der Waals surface area contributed by atoms with E-state index in [2.05, 4.69) is 10.4 Å². The highest BCUT2D eigenvalue weighted by molar-refractivity contribution is 6.35. The number of imide groups is 1. The van der Waals surface area contributed by atoms with E-state index in [9.17, 15) is 14.4 Å². The number of rotatable bonds is 3. The standard InChI is InChI=1S/C21H18N4O3/c1-12-4-5-13(2)17(10-12)25-20(27)15-7-6-14(11-16(15)21(25)28)19(26)22-18-8-9-24(3)23-18/h4-11H,1-3H3,(H,22,23,26).